The summed E-state index contributed by atoms with van der Waals surface area (Å²) in [4.78, 5) is 24.6. The predicted octanol–water partition coefficient (Wildman–Crippen LogP) is 20.3. The number of aliphatic hydroxyl groups excluding tert-OH is 2. The first-order chi connectivity index (χ1) is 34.5. The van der Waals surface area contributed by atoms with Crippen LogP contribution in [0, 0.1) is 0 Å². The number of nitrogens with one attached hydrogen (secondary N) is 1. The van der Waals surface area contributed by atoms with Crippen LogP contribution in [-0.2, 0) is 14.3 Å². The van der Waals surface area contributed by atoms with Crippen molar-refractivity contribution in [3.63, 3.8) is 0 Å². The van der Waals surface area contributed by atoms with Crippen LogP contribution in [0.25, 0.3) is 0 Å². The van der Waals surface area contributed by atoms with Gasteiger partial charge in [-0.15, -0.1) is 0 Å². The van der Waals surface area contributed by atoms with Gasteiger partial charge in [-0.05, 0) is 25.7 Å². The maximum atomic E-state index is 12.5. The van der Waals surface area contributed by atoms with E-state index in [0.717, 1.165) is 38.5 Å². The van der Waals surface area contributed by atoms with E-state index in [0.29, 0.717) is 25.9 Å². The molecule has 1 amide bonds. The van der Waals surface area contributed by atoms with Crippen LogP contribution in [-0.4, -0.2) is 47.4 Å². The number of amides is 1. The Morgan fingerprint density at radius 1 is 0.343 bits per heavy atom. The molecule has 0 aromatic carbocycles. The summed E-state index contributed by atoms with van der Waals surface area (Å²) in [6.07, 6.45) is 71.2. The molecule has 2 unspecified atom stereocenters. The molecule has 0 rings (SSSR count). The van der Waals surface area contributed by atoms with Crippen molar-refractivity contribution in [3.8, 4) is 0 Å². The quantitative estimate of drug-likeness (QED) is 0.0417. The highest BCUT2D eigenvalue weighted by Crippen LogP contribution is 2.19. The van der Waals surface area contributed by atoms with Crippen molar-refractivity contribution in [1.29, 1.82) is 0 Å². The SMILES string of the molecule is CCCCCCCCCCCCCCCCCC(=O)OCCCCCCCCCCCCCCCCCCCCCCCCCCC(=O)NC(CO)C(O)CCCCCCCCCCCCCCCC. The molecular weight excluding hydrogens is 863 g/mol. The van der Waals surface area contributed by atoms with Gasteiger partial charge >= 0.3 is 5.97 Å². The third kappa shape index (κ3) is 56.2. The van der Waals surface area contributed by atoms with Crippen molar-refractivity contribution in [2.24, 2.45) is 0 Å². The van der Waals surface area contributed by atoms with Crippen LogP contribution in [0.4, 0.5) is 0 Å². The summed E-state index contributed by atoms with van der Waals surface area (Å²) in [6, 6.07) is -0.539. The molecule has 0 aromatic heterocycles. The Balaban J connectivity index is 3.33. The van der Waals surface area contributed by atoms with Crippen molar-refractivity contribution >= 4 is 11.9 Å². The monoisotopic (exact) mass is 990 g/mol. The lowest BCUT2D eigenvalue weighted by Crippen LogP contribution is -2.45. The molecule has 0 spiro atoms. The van der Waals surface area contributed by atoms with Gasteiger partial charge in [0.05, 0.1) is 25.4 Å². The number of hydrogen-bond acceptors (Lipinski definition) is 5. The van der Waals surface area contributed by atoms with Crippen molar-refractivity contribution < 1.29 is 24.5 Å². The smallest absolute Gasteiger partial charge is 0.305 e. The zero-order valence-electron chi connectivity index (χ0n) is 47.8. The third-order valence-electron chi connectivity index (χ3n) is 15.4. The molecule has 0 bridgehead atoms. The summed E-state index contributed by atoms with van der Waals surface area (Å²) < 4.78 is 5.49. The van der Waals surface area contributed by atoms with Crippen LogP contribution in [0.15, 0.2) is 0 Å². The Bertz CT molecular complexity index is 1010. The van der Waals surface area contributed by atoms with E-state index in [-0.39, 0.29) is 18.5 Å². The van der Waals surface area contributed by atoms with Gasteiger partial charge < -0.3 is 20.3 Å². The van der Waals surface area contributed by atoms with Gasteiger partial charge in [0.2, 0.25) is 5.91 Å². The maximum absolute atomic E-state index is 12.5. The molecule has 0 aliphatic rings. The van der Waals surface area contributed by atoms with Crippen LogP contribution in [0.5, 0.6) is 0 Å². The largest absolute Gasteiger partial charge is 0.466 e. The molecule has 0 saturated carbocycles. The van der Waals surface area contributed by atoms with E-state index in [1.54, 1.807) is 0 Å². The molecule has 2 atom stereocenters. The van der Waals surface area contributed by atoms with E-state index in [2.05, 4.69) is 19.2 Å². The van der Waals surface area contributed by atoms with Crippen LogP contribution in [0.2, 0.25) is 0 Å². The normalized spacial score (nSPS) is 12.5. The topological polar surface area (TPSA) is 95.9 Å². The average Bonchev–Trinajstić information content (AvgIpc) is 3.36. The first-order valence-corrected chi connectivity index (χ1v) is 32.3. The fraction of sp³-hybridized carbons (Fsp3) is 0.969. The lowest BCUT2D eigenvalue weighted by molar-refractivity contribution is -0.143. The fourth-order valence-electron chi connectivity index (χ4n) is 10.5. The molecule has 0 radical (unpaired) electrons. The number of esters is 1. The molecular formula is C64H127NO5. The van der Waals surface area contributed by atoms with E-state index in [9.17, 15) is 19.8 Å². The zero-order valence-corrected chi connectivity index (χ0v) is 47.8. The van der Waals surface area contributed by atoms with Crippen LogP contribution >= 0.6 is 0 Å². The highest BCUT2D eigenvalue weighted by molar-refractivity contribution is 5.76. The molecule has 418 valence electrons. The van der Waals surface area contributed by atoms with Gasteiger partial charge in [0.15, 0.2) is 0 Å². The summed E-state index contributed by atoms with van der Waals surface area (Å²) in [5.41, 5.74) is 0. The van der Waals surface area contributed by atoms with Crippen molar-refractivity contribution in [2.75, 3.05) is 13.2 Å². The minimum absolute atomic E-state index is 0.0194. The number of hydrogen-bond donors (Lipinski definition) is 3. The molecule has 6 nitrogen and oxygen atoms in total. The summed E-state index contributed by atoms with van der Waals surface area (Å²) in [7, 11) is 0. The first kappa shape index (κ1) is 68.9. The van der Waals surface area contributed by atoms with Gasteiger partial charge in [0.1, 0.15) is 0 Å². The van der Waals surface area contributed by atoms with Gasteiger partial charge in [-0.3, -0.25) is 9.59 Å². The number of carbonyl (C=O) groups excluding carboxylic acids is 2. The van der Waals surface area contributed by atoms with Crippen LogP contribution in [0.1, 0.15) is 373 Å². The second-order valence-corrected chi connectivity index (χ2v) is 22.5. The lowest BCUT2D eigenvalue weighted by Gasteiger charge is -2.22. The molecule has 0 saturated heterocycles. The number of carbonyl (C=O) groups is 2. The van der Waals surface area contributed by atoms with Crippen LogP contribution < -0.4 is 5.32 Å². The van der Waals surface area contributed by atoms with Crippen molar-refractivity contribution in [1.82, 2.24) is 5.32 Å². The Morgan fingerprint density at radius 2 is 0.586 bits per heavy atom. The molecule has 0 aliphatic carbocycles. The molecule has 0 heterocycles. The third-order valence-corrected chi connectivity index (χ3v) is 15.4. The van der Waals surface area contributed by atoms with E-state index in [4.69, 9.17) is 4.74 Å². The van der Waals surface area contributed by atoms with E-state index in [1.165, 1.54) is 302 Å². The minimum Gasteiger partial charge on any atom is -0.466 e. The summed E-state index contributed by atoms with van der Waals surface area (Å²) >= 11 is 0. The Labute approximate surface area is 438 Å². The second-order valence-electron chi connectivity index (χ2n) is 22.5. The average molecular weight is 991 g/mol. The van der Waals surface area contributed by atoms with Crippen LogP contribution in [0.3, 0.4) is 0 Å². The summed E-state index contributed by atoms with van der Waals surface area (Å²) in [5, 5.41) is 23.3. The highest BCUT2D eigenvalue weighted by atomic mass is 16.5. The second kappa shape index (κ2) is 60.4. The molecule has 6 heteroatoms. The summed E-state index contributed by atoms with van der Waals surface area (Å²) in [6.45, 7) is 4.99. The zero-order chi connectivity index (χ0) is 50.7. The molecule has 0 aromatic rings. The highest BCUT2D eigenvalue weighted by Gasteiger charge is 2.20. The van der Waals surface area contributed by atoms with Gasteiger partial charge in [0, 0.05) is 12.8 Å². The Hall–Kier alpha value is -1.14. The van der Waals surface area contributed by atoms with Crippen molar-refractivity contribution in [2.45, 2.75) is 386 Å². The predicted molar refractivity (Wildman–Crippen MR) is 306 cm³/mol. The van der Waals surface area contributed by atoms with Gasteiger partial charge in [-0.25, -0.2) is 0 Å². The van der Waals surface area contributed by atoms with Crippen molar-refractivity contribution in [3.05, 3.63) is 0 Å². The molecule has 0 aliphatic heterocycles. The van der Waals surface area contributed by atoms with E-state index < -0.39 is 12.1 Å². The van der Waals surface area contributed by atoms with Gasteiger partial charge in [-0.2, -0.15) is 0 Å². The van der Waals surface area contributed by atoms with E-state index >= 15 is 0 Å². The number of rotatable bonds is 61. The standard InChI is InChI=1S/C64H127NO5/c1-3-5-7-9-11-13-15-17-29-34-38-42-46-50-54-58-64(69)70-59-55-51-47-43-39-35-31-28-26-24-22-20-19-21-23-25-27-30-33-37-41-45-49-53-57-63(68)65-61(60-66)62(67)56-52-48-44-40-36-32-18-16-14-12-10-8-6-4-2/h61-62,66-67H,3-60H2,1-2H3,(H,65,68). The maximum Gasteiger partial charge on any atom is 0.305 e. The summed E-state index contributed by atoms with van der Waals surface area (Å²) in [5.74, 6) is -0.0115. The number of aliphatic hydroxyl groups is 2. The van der Waals surface area contributed by atoms with E-state index in [1.807, 2.05) is 0 Å². The fourth-order valence-corrected chi connectivity index (χ4v) is 10.5. The molecule has 3 N–H and O–H groups in total. The first-order valence-electron chi connectivity index (χ1n) is 32.3. The number of unbranched alkanes of at least 4 members (excludes halogenated alkanes) is 50. The van der Waals surface area contributed by atoms with Gasteiger partial charge in [-0.1, -0.05) is 335 Å². The van der Waals surface area contributed by atoms with Gasteiger partial charge in [0.25, 0.3) is 0 Å². The lowest BCUT2D eigenvalue weighted by atomic mass is 10.0. The molecule has 70 heavy (non-hydrogen) atoms. The Morgan fingerprint density at radius 3 is 0.871 bits per heavy atom. The molecule has 0 fully saturated rings. The number of ether oxygens (including phenoxy) is 1. The Kier molecular flexibility index (Phi) is 59.4. The minimum atomic E-state index is -0.662.